The molecule has 0 aliphatic carbocycles. The Morgan fingerprint density at radius 3 is 2.85 bits per heavy atom. The summed E-state index contributed by atoms with van der Waals surface area (Å²) in [6, 6.07) is 13.5. The first-order valence-corrected chi connectivity index (χ1v) is 6.71. The molecular formula is C17H16ClNO. The fourth-order valence-corrected chi connectivity index (χ4v) is 1.83. The van der Waals surface area contributed by atoms with Crippen LogP contribution in [0.2, 0.25) is 5.02 Å². The maximum atomic E-state index is 6.07. The van der Waals surface area contributed by atoms with Gasteiger partial charge in [-0.2, -0.15) is 0 Å². The largest absolute Gasteiger partial charge is 0.490 e. The zero-order valence-corrected chi connectivity index (χ0v) is 12.1. The van der Waals surface area contributed by atoms with Crippen molar-refractivity contribution in [3.63, 3.8) is 0 Å². The van der Waals surface area contributed by atoms with Crippen LogP contribution in [0.5, 0.6) is 5.75 Å². The van der Waals surface area contributed by atoms with E-state index in [4.69, 9.17) is 16.3 Å². The van der Waals surface area contributed by atoms with E-state index < -0.39 is 0 Å². The van der Waals surface area contributed by atoms with Gasteiger partial charge in [-0.05, 0) is 42.3 Å². The lowest BCUT2D eigenvalue weighted by Gasteiger charge is -2.03. The van der Waals surface area contributed by atoms with E-state index in [0.29, 0.717) is 6.61 Å². The molecule has 0 aromatic heterocycles. The Labute approximate surface area is 124 Å². The van der Waals surface area contributed by atoms with Crippen LogP contribution in [0.4, 0.5) is 5.69 Å². The number of aryl methyl sites for hydroxylation is 1. The molecule has 0 saturated carbocycles. The highest BCUT2D eigenvalue weighted by Gasteiger charge is 1.97. The van der Waals surface area contributed by atoms with Crippen molar-refractivity contribution in [1.82, 2.24) is 0 Å². The van der Waals surface area contributed by atoms with Crippen LogP contribution in [0, 0.1) is 6.92 Å². The molecule has 102 valence electrons. The van der Waals surface area contributed by atoms with Crippen LogP contribution in [-0.4, -0.2) is 12.8 Å². The number of benzene rings is 2. The van der Waals surface area contributed by atoms with Gasteiger partial charge in [-0.1, -0.05) is 42.5 Å². The summed E-state index contributed by atoms with van der Waals surface area (Å²) in [7, 11) is 0. The summed E-state index contributed by atoms with van der Waals surface area (Å²) >= 11 is 6.07. The number of hydrogen-bond acceptors (Lipinski definition) is 2. The number of aliphatic imine (C=N–C) groups is 1. The third kappa shape index (κ3) is 3.97. The summed E-state index contributed by atoms with van der Waals surface area (Å²) in [5.41, 5.74) is 2.85. The third-order valence-electron chi connectivity index (χ3n) is 2.74. The predicted octanol–water partition coefficient (Wildman–Crippen LogP) is 4.96. The van der Waals surface area contributed by atoms with Gasteiger partial charge >= 0.3 is 0 Å². The second-order valence-corrected chi connectivity index (χ2v) is 4.77. The van der Waals surface area contributed by atoms with Gasteiger partial charge in [0.15, 0.2) is 0 Å². The van der Waals surface area contributed by atoms with E-state index in [-0.39, 0.29) is 0 Å². The van der Waals surface area contributed by atoms with Crippen LogP contribution in [-0.2, 0) is 0 Å². The molecule has 0 amide bonds. The number of hydrogen-bond donors (Lipinski definition) is 0. The van der Waals surface area contributed by atoms with Crippen molar-refractivity contribution in [2.75, 3.05) is 6.61 Å². The van der Waals surface area contributed by atoms with Crippen molar-refractivity contribution in [2.45, 2.75) is 6.92 Å². The minimum absolute atomic E-state index is 0.494. The summed E-state index contributed by atoms with van der Waals surface area (Å²) < 4.78 is 5.48. The average Bonchev–Trinajstić information content (AvgIpc) is 2.47. The Hall–Kier alpha value is -2.06. The van der Waals surface area contributed by atoms with Crippen molar-refractivity contribution in [3.8, 4) is 5.75 Å². The number of nitrogens with zero attached hydrogens (tertiary/aromatic N) is 1. The topological polar surface area (TPSA) is 21.6 Å². The quantitative estimate of drug-likeness (QED) is 0.562. The van der Waals surface area contributed by atoms with Gasteiger partial charge in [0.25, 0.3) is 0 Å². The van der Waals surface area contributed by atoms with Crippen molar-refractivity contribution >= 4 is 23.5 Å². The Morgan fingerprint density at radius 2 is 2.10 bits per heavy atom. The lowest BCUT2D eigenvalue weighted by molar-refractivity contribution is 0.363. The minimum atomic E-state index is 0.494. The third-order valence-corrected chi connectivity index (χ3v) is 3.15. The van der Waals surface area contributed by atoms with Crippen molar-refractivity contribution < 1.29 is 4.74 Å². The molecule has 3 heteroatoms. The van der Waals surface area contributed by atoms with Crippen LogP contribution < -0.4 is 4.74 Å². The van der Waals surface area contributed by atoms with Crippen molar-refractivity contribution in [2.24, 2.45) is 4.99 Å². The van der Waals surface area contributed by atoms with Crippen molar-refractivity contribution in [3.05, 3.63) is 71.3 Å². The van der Waals surface area contributed by atoms with Gasteiger partial charge in [-0.3, -0.25) is 4.99 Å². The molecule has 2 rings (SSSR count). The van der Waals surface area contributed by atoms with E-state index >= 15 is 0 Å². The molecule has 0 atom stereocenters. The number of rotatable bonds is 5. The van der Waals surface area contributed by atoms with Gasteiger partial charge in [0.2, 0.25) is 0 Å². The number of halogens is 1. The smallest absolute Gasteiger partial charge is 0.120 e. The highest BCUT2D eigenvalue weighted by molar-refractivity contribution is 6.31. The SMILES string of the molecule is C=CCOc1cccc(C=Nc2ccc(C)c(Cl)c2)c1. The maximum absolute atomic E-state index is 6.07. The lowest BCUT2D eigenvalue weighted by Crippen LogP contribution is -1.93. The molecule has 0 N–H and O–H groups in total. The Bertz CT molecular complexity index is 635. The molecule has 2 aromatic carbocycles. The van der Waals surface area contributed by atoms with Gasteiger partial charge in [0, 0.05) is 11.2 Å². The Morgan fingerprint density at radius 1 is 1.25 bits per heavy atom. The maximum Gasteiger partial charge on any atom is 0.120 e. The van der Waals surface area contributed by atoms with Gasteiger partial charge < -0.3 is 4.74 Å². The molecule has 0 aliphatic rings. The second-order valence-electron chi connectivity index (χ2n) is 4.36. The molecule has 0 heterocycles. The van der Waals surface area contributed by atoms with Gasteiger partial charge in [-0.25, -0.2) is 0 Å². The first kappa shape index (κ1) is 14.4. The molecule has 2 nitrogen and oxygen atoms in total. The molecule has 0 radical (unpaired) electrons. The Kier molecular flexibility index (Phi) is 4.97. The molecule has 0 spiro atoms. The van der Waals surface area contributed by atoms with E-state index in [1.807, 2.05) is 49.4 Å². The summed E-state index contributed by atoms with van der Waals surface area (Å²) in [5.74, 6) is 0.802. The first-order chi connectivity index (χ1) is 9.69. The molecule has 0 aliphatic heterocycles. The fourth-order valence-electron chi connectivity index (χ4n) is 1.65. The zero-order chi connectivity index (χ0) is 14.4. The van der Waals surface area contributed by atoms with Crippen LogP contribution in [0.25, 0.3) is 0 Å². The number of ether oxygens (including phenoxy) is 1. The molecule has 0 fully saturated rings. The molecule has 2 aromatic rings. The lowest BCUT2D eigenvalue weighted by atomic mass is 10.2. The van der Waals surface area contributed by atoms with Crippen molar-refractivity contribution in [1.29, 1.82) is 0 Å². The Balaban J connectivity index is 2.14. The summed E-state index contributed by atoms with van der Waals surface area (Å²) in [4.78, 5) is 4.41. The van der Waals surface area contributed by atoms with Crippen LogP contribution in [0.1, 0.15) is 11.1 Å². The monoisotopic (exact) mass is 285 g/mol. The van der Waals surface area contributed by atoms with Crippen LogP contribution in [0.3, 0.4) is 0 Å². The normalized spacial score (nSPS) is 10.7. The minimum Gasteiger partial charge on any atom is -0.490 e. The van der Waals surface area contributed by atoms with E-state index in [2.05, 4.69) is 11.6 Å². The first-order valence-electron chi connectivity index (χ1n) is 6.33. The van der Waals surface area contributed by atoms with E-state index in [0.717, 1.165) is 27.6 Å². The average molecular weight is 286 g/mol. The highest BCUT2D eigenvalue weighted by atomic mass is 35.5. The molecule has 0 saturated heterocycles. The van der Waals surface area contributed by atoms with E-state index in [1.165, 1.54) is 0 Å². The van der Waals surface area contributed by atoms with Crippen LogP contribution in [0.15, 0.2) is 60.1 Å². The highest BCUT2D eigenvalue weighted by Crippen LogP contribution is 2.22. The molecule has 0 unspecified atom stereocenters. The zero-order valence-electron chi connectivity index (χ0n) is 11.3. The van der Waals surface area contributed by atoms with E-state index in [9.17, 15) is 0 Å². The van der Waals surface area contributed by atoms with Gasteiger partial charge in [0.1, 0.15) is 12.4 Å². The summed E-state index contributed by atoms with van der Waals surface area (Å²) in [6.45, 7) is 6.09. The van der Waals surface area contributed by atoms with Gasteiger partial charge in [0.05, 0.1) is 5.69 Å². The summed E-state index contributed by atoms with van der Waals surface area (Å²) in [6.07, 6.45) is 3.51. The molecular weight excluding hydrogens is 270 g/mol. The standard InChI is InChI=1S/C17H16ClNO/c1-3-9-20-16-6-4-5-14(10-16)12-19-15-8-7-13(2)17(18)11-15/h3-8,10-12H,1,9H2,2H3. The molecule has 20 heavy (non-hydrogen) atoms. The summed E-state index contributed by atoms with van der Waals surface area (Å²) in [5, 5.41) is 0.725. The fraction of sp³-hybridized carbons (Fsp3) is 0.118. The van der Waals surface area contributed by atoms with E-state index in [1.54, 1.807) is 12.3 Å². The second kappa shape index (κ2) is 6.92. The predicted molar refractivity (Wildman–Crippen MR) is 85.6 cm³/mol. The van der Waals surface area contributed by atoms with Gasteiger partial charge in [-0.15, -0.1) is 0 Å². The molecule has 0 bridgehead atoms. The van der Waals surface area contributed by atoms with Crippen LogP contribution >= 0.6 is 11.6 Å².